The maximum Gasteiger partial charge on any atom is 0.304 e. The van der Waals surface area contributed by atoms with Crippen LogP contribution in [0.25, 0.3) is 0 Å². The Balaban J connectivity index is 2.91. The van der Waals surface area contributed by atoms with Gasteiger partial charge in [-0.1, -0.05) is 20.8 Å². The first-order valence-corrected chi connectivity index (χ1v) is 11.3. The highest BCUT2D eigenvalue weighted by molar-refractivity contribution is 7.88. The molecule has 0 aliphatic carbocycles. The van der Waals surface area contributed by atoms with Crippen LogP contribution in [0.5, 0.6) is 0 Å². The zero-order valence-electron chi connectivity index (χ0n) is 12.2. The number of hydrogen-bond donors (Lipinski definition) is 1. The molecule has 19 heavy (non-hydrogen) atoms. The molecule has 0 aliphatic rings. The maximum atomic E-state index is 11.0. The molecule has 1 N–H and O–H groups in total. The summed E-state index contributed by atoms with van der Waals surface area (Å²) in [7, 11) is -6.01. The summed E-state index contributed by atoms with van der Waals surface area (Å²) >= 11 is 1.02. The lowest BCUT2D eigenvalue weighted by Crippen LogP contribution is -2.41. The minimum Gasteiger partial charge on any atom is -0.410 e. The van der Waals surface area contributed by atoms with Crippen LogP contribution in [0, 0.1) is 0 Å². The van der Waals surface area contributed by atoms with E-state index in [0.29, 0.717) is 0 Å². The lowest BCUT2D eigenvalue weighted by Gasteiger charge is -2.38. The van der Waals surface area contributed by atoms with Crippen LogP contribution in [-0.2, 0) is 14.5 Å². The minimum atomic E-state index is -4.11. The topological polar surface area (TPSA) is 63.6 Å². The third-order valence-corrected chi connectivity index (χ3v) is 10.4. The smallest absolute Gasteiger partial charge is 0.304 e. The summed E-state index contributed by atoms with van der Waals surface area (Å²) in [6.07, 6.45) is -0.173. The Morgan fingerprint density at radius 1 is 1.37 bits per heavy atom. The van der Waals surface area contributed by atoms with Gasteiger partial charge in [0.2, 0.25) is 0 Å². The minimum absolute atomic E-state index is 0.0341. The van der Waals surface area contributed by atoms with Gasteiger partial charge in [0.1, 0.15) is 4.21 Å². The summed E-state index contributed by atoms with van der Waals surface area (Å²) in [6.45, 7) is 12.7. The molecular weight excluding hydrogens is 300 g/mol. The van der Waals surface area contributed by atoms with Gasteiger partial charge in [-0.15, -0.1) is 11.3 Å². The third kappa shape index (κ3) is 4.12. The highest BCUT2D eigenvalue weighted by atomic mass is 32.3. The molecule has 0 radical (unpaired) electrons. The average molecular weight is 323 g/mol. The molecule has 1 aromatic rings. The van der Waals surface area contributed by atoms with E-state index in [-0.39, 0.29) is 15.4 Å². The van der Waals surface area contributed by atoms with E-state index < -0.39 is 18.4 Å². The molecule has 0 saturated heterocycles. The van der Waals surface area contributed by atoms with E-state index in [9.17, 15) is 8.42 Å². The molecule has 0 aliphatic heterocycles. The van der Waals surface area contributed by atoms with Crippen LogP contribution in [0.4, 0.5) is 0 Å². The summed E-state index contributed by atoms with van der Waals surface area (Å²) < 4.78 is 37.2. The fourth-order valence-electron chi connectivity index (χ4n) is 1.37. The largest absolute Gasteiger partial charge is 0.410 e. The predicted molar refractivity (Wildman–Crippen MR) is 80.8 cm³/mol. The van der Waals surface area contributed by atoms with E-state index in [4.69, 9.17) is 8.98 Å². The molecule has 4 nitrogen and oxygen atoms in total. The van der Waals surface area contributed by atoms with Gasteiger partial charge in [-0.25, -0.2) is 0 Å². The third-order valence-electron chi connectivity index (χ3n) is 3.60. The number of thiophene rings is 1. The monoisotopic (exact) mass is 322 g/mol. The van der Waals surface area contributed by atoms with Crippen LogP contribution in [0.3, 0.4) is 0 Å². The first-order valence-electron chi connectivity index (χ1n) is 6.08. The van der Waals surface area contributed by atoms with E-state index >= 15 is 0 Å². The van der Waals surface area contributed by atoms with Crippen molar-refractivity contribution >= 4 is 29.8 Å². The molecular formula is C12H22O4S2Si. The highest BCUT2D eigenvalue weighted by Gasteiger charge is 2.38. The Morgan fingerprint density at radius 3 is 2.26 bits per heavy atom. The molecule has 1 aromatic heterocycles. The second-order valence-corrected chi connectivity index (χ2v) is 13.5. The lowest BCUT2D eigenvalue weighted by atomic mass is 10.2. The Labute approximate surface area is 120 Å². The van der Waals surface area contributed by atoms with Crippen LogP contribution >= 0.6 is 11.3 Å². The quantitative estimate of drug-likeness (QED) is 0.670. The molecule has 0 fully saturated rings. The van der Waals surface area contributed by atoms with Crippen molar-refractivity contribution in [2.45, 2.75) is 56.1 Å². The maximum absolute atomic E-state index is 11.0. The predicted octanol–water partition coefficient (Wildman–Crippen LogP) is 4.08. The molecule has 0 saturated carbocycles. The van der Waals surface area contributed by atoms with Crippen molar-refractivity contribution in [3.63, 3.8) is 0 Å². The summed E-state index contributed by atoms with van der Waals surface area (Å²) in [5.74, 6) is 0. The molecule has 110 valence electrons. The van der Waals surface area contributed by atoms with Crippen molar-refractivity contribution in [3.8, 4) is 0 Å². The van der Waals surface area contributed by atoms with Crippen molar-refractivity contribution in [3.05, 3.63) is 17.0 Å². The SMILES string of the molecule is CC(O[Si](C)(C)C(C)(C)C)c1csc(S(=O)(=O)O)c1. The molecule has 1 rings (SSSR count). The van der Waals surface area contributed by atoms with Crippen molar-refractivity contribution in [2.24, 2.45) is 0 Å². The first kappa shape index (κ1) is 16.8. The van der Waals surface area contributed by atoms with Crippen molar-refractivity contribution in [1.82, 2.24) is 0 Å². The van der Waals surface area contributed by atoms with Gasteiger partial charge in [-0.3, -0.25) is 4.55 Å². The molecule has 0 aromatic carbocycles. The van der Waals surface area contributed by atoms with Gasteiger partial charge < -0.3 is 4.43 Å². The zero-order chi connectivity index (χ0) is 15.1. The summed E-state index contributed by atoms with van der Waals surface area (Å²) in [5.41, 5.74) is 0.794. The molecule has 7 heteroatoms. The number of hydrogen-bond acceptors (Lipinski definition) is 4. The molecule has 1 unspecified atom stereocenters. The van der Waals surface area contributed by atoms with Crippen molar-refractivity contribution < 1.29 is 17.4 Å². The fraction of sp³-hybridized carbons (Fsp3) is 0.667. The van der Waals surface area contributed by atoms with Gasteiger partial charge in [-0.05, 0) is 42.1 Å². The normalized spacial score (nSPS) is 15.5. The molecule has 1 heterocycles. The zero-order valence-corrected chi connectivity index (χ0v) is 14.9. The fourth-order valence-corrected chi connectivity index (χ4v) is 4.37. The Kier molecular flexibility index (Phi) is 4.69. The van der Waals surface area contributed by atoms with Crippen LogP contribution in [-0.4, -0.2) is 21.3 Å². The number of rotatable bonds is 4. The Bertz CT molecular complexity index is 540. The molecule has 0 amide bonds. The summed E-state index contributed by atoms with van der Waals surface area (Å²) in [6, 6.07) is 1.48. The van der Waals surface area contributed by atoms with E-state index in [0.717, 1.165) is 16.9 Å². The Hall–Kier alpha value is -0.213. The van der Waals surface area contributed by atoms with Crippen molar-refractivity contribution in [2.75, 3.05) is 0 Å². The molecule has 0 bridgehead atoms. The van der Waals surface area contributed by atoms with Crippen molar-refractivity contribution in [1.29, 1.82) is 0 Å². The lowest BCUT2D eigenvalue weighted by molar-refractivity contribution is 0.203. The second kappa shape index (κ2) is 5.29. The molecule has 1 atom stereocenters. The van der Waals surface area contributed by atoms with Crippen LogP contribution < -0.4 is 0 Å². The van der Waals surface area contributed by atoms with Gasteiger partial charge in [0.05, 0.1) is 6.10 Å². The van der Waals surface area contributed by atoms with Crippen LogP contribution in [0.2, 0.25) is 18.1 Å². The van der Waals surface area contributed by atoms with Gasteiger partial charge in [0.15, 0.2) is 8.32 Å². The van der Waals surface area contributed by atoms with E-state index in [1.807, 2.05) is 6.92 Å². The standard InChI is InChI=1S/C12H22O4S2Si/c1-9(16-19(5,6)12(2,3)4)10-7-11(17-8-10)18(13,14)15/h7-9H,1-6H3,(H,13,14,15). The van der Waals surface area contributed by atoms with Gasteiger partial charge in [0.25, 0.3) is 0 Å². The highest BCUT2D eigenvalue weighted by Crippen LogP contribution is 2.40. The average Bonchev–Trinajstić information content (AvgIpc) is 2.62. The molecule has 0 spiro atoms. The van der Waals surface area contributed by atoms with Crippen LogP contribution in [0.15, 0.2) is 15.7 Å². The first-order chi connectivity index (χ1) is 8.34. The van der Waals surface area contributed by atoms with E-state index in [1.54, 1.807) is 5.38 Å². The second-order valence-electron chi connectivity index (χ2n) is 6.19. The van der Waals surface area contributed by atoms with Gasteiger partial charge in [-0.2, -0.15) is 8.42 Å². The van der Waals surface area contributed by atoms with Crippen LogP contribution in [0.1, 0.15) is 39.4 Å². The van der Waals surface area contributed by atoms with E-state index in [1.165, 1.54) is 6.07 Å². The van der Waals surface area contributed by atoms with Gasteiger partial charge in [0, 0.05) is 0 Å². The van der Waals surface area contributed by atoms with Gasteiger partial charge >= 0.3 is 10.1 Å². The summed E-state index contributed by atoms with van der Waals surface area (Å²) in [5, 5.41) is 1.82. The summed E-state index contributed by atoms with van der Waals surface area (Å²) in [4.78, 5) is 0. The van der Waals surface area contributed by atoms with E-state index in [2.05, 4.69) is 33.9 Å². The Morgan fingerprint density at radius 2 is 1.89 bits per heavy atom.